The summed E-state index contributed by atoms with van der Waals surface area (Å²) >= 11 is 0. The topological polar surface area (TPSA) is 20.3 Å². The smallest absolute Gasteiger partial charge is 0.238 e. The number of fused-ring (bicyclic) bond motifs is 2. The highest BCUT2D eigenvalue weighted by Crippen LogP contribution is 2.65. The fourth-order valence-corrected chi connectivity index (χ4v) is 3.55. The van der Waals surface area contributed by atoms with E-state index in [1.54, 1.807) is 0 Å². The average Bonchev–Trinajstić information content (AvgIpc) is 3.19. The molecule has 4 rings (SSSR count). The van der Waals surface area contributed by atoms with Crippen LogP contribution in [0.3, 0.4) is 0 Å². The first-order valence-corrected chi connectivity index (χ1v) is 6.68. The van der Waals surface area contributed by atoms with E-state index in [4.69, 9.17) is 0 Å². The van der Waals surface area contributed by atoms with Crippen molar-refractivity contribution >= 4 is 11.6 Å². The summed E-state index contributed by atoms with van der Waals surface area (Å²) in [6.07, 6.45) is 0.942. The summed E-state index contributed by atoms with van der Waals surface area (Å²) in [7, 11) is 1.89. The highest BCUT2D eigenvalue weighted by atomic mass is 16.2. The number of anilines is 1. The van der Waals surface area contributed by atoms with Crippen molar-refractivity contribution in [2.24, 2.45) is 0 Å². The van der Waals surface area contributed by atoms with E-state index < -0.39 is 0 Å². The molecule has 2 nitrogen and oxygen atoms in total. The molecule has 0 aromatic heterocycles. The zero-order valence-corrected chi connectivity index (χ0v) is 10.8. The Hall–Kier alpha value is -2.09. The van der Waals surface area contributed by atoms with E-state index >= 15 is 0 Å². The van der Waals surface area contributed by atoms with Gasteiger partial charge in [-0.15, -0.1) is 0 Å². The normalized spacial score (nSPS) is 27.7. The van der Waals surface area contributed by atoms with Crippen LogP contribution >= 0.6 is 0 Å². The third-order valence-electron chi connectivity index (χ3n) is 4.60. The van der Waals surface area contributed by atoms with Crippen LogP contribution in [0.1, 0.15) is 23.5 Å². The molecule has 0 radical (unpaired) electrons. The van der Waals surface area contributed by atoms with Gasteiger partial charge in [0.25, 0.3) is 0 Å². The van der Waals surface area contributed by atoms with Gasteiger partial charge in [0.2, 0.25) is 5.91 Å². The van der Waals surface area contributed by atoms with Crippen molar-refractivity contribution in [2.75, 3.05) is 11.9 Å². The Morgan fingerprint density at radius 2 is 1.74 bits per heavy atom. The summed E-state index contributed by atoms with van der Waals surface area (Å²) in [5, 5.41) is 0. The molecule has 2 atom stereocenters. The van der Waals surface area contributed by atoms with Gasteiger partial charge in [-0.05, 0) is 23.6 Å². The zero-order chi connectivity index (χ0) is 13.0. The third-order valence-corrected chi connectivity index (χ3v) is 4.60. The van der Waals surface area contributed by atoms with Crippen LogP contribution in [0.25, 0.3) is 0 Å². The minimum absolute atomic E-state index is 0.252. The van der Waals surface area contributed by atoms with Crippen LogP contribution in [0.15, 0.2) is 54.6 Å². The Bertz CT molecular complexity index is 664. The van der Waals surface area contributed by atoms with E-state index in [0.717, 1.165) is 12.1 Å². The van der Waals surface area contributed by atoms with Crippen molar-refractivity contribution in [2.45, 2.75) is 17.8 Å². The first-order chi connectivity index (χ1) is 9.25. The van der Waals surface area contributed by atoms with E-state index in [0.29, 0.717) is 5.92 Å². The highest BCUT2D eigenvalue weighted by Gasteiger charge is 2.66. The maximum absolute atomic E-state index is 12.7. The Morgan fingerprint density at radius 3 is 2.53 bits per heavy atom. The molecule has 1 aliphatic carbocycles. The van der Waals surface area contributed by atoms with Gasteiger partial charge in [0, 0.05) is 18.7 Å². The van der Waals surface area contributed by atoms with Crippen molar-refractivity contribution < 1.29 is 4.79 Å². The SMILES string of the molecule is CN1C(=O)C2(CC2c2ccccc2)c2ccccc21. The third kappa shape index (κ3) is 1.24. The second kappa shape index (κ2) is 3.47. The molecule has 1 aliphatic heterocycles. The largest absolute Gasteiger partial charge is 0.314 e. The number of carbonyl (C=O) groups is 1. The lowest BCUT2D eigenvalue weighted by Crippen LogP contribution is -2.29. The molecular weight excluding hydrogens is 234 g/mol. The van der Waals surface area contributed by atoms with E-state index in [9.17, 15) is 4.79 Å². The summed E-state index contributed by atoms with van der Waals surface area (Å²) in [6.45, 7) is 0. The van der Waals surface area contributed by atoms with Gasteiger partial charge in [-0.3, -0.25) is 4.79 Å². The van der Waals surface area contributed by atoms with Crippen LogP contribution in [0.5, 0.6) is 0 Å². The molecule has 1 heterocycles. The minimum atomic E-state index is -0.285. The standard InChI is InChI=1S/C17H15NO/c1-18-15-10-6-5-9-13(15)17(16(18)19)11-14(17)12-7-3-2-4-8-12/h2-10,14H,11H2,1H3. The highest BCUT2D eigenvalue weighted by molar-refractivity contribution is 6.11. The number of nitrogens with zero attached hydrogens (tertiary/aromatic N) is 1. The van der Waals surface area contributed by atoms with Crippen LogP contribution in [0.4, 0.5) is 5.69 Å². The number of hydrogen-bond acceptors (Lipinski definition) is 1. The zero-order valence-electron chi connectivity index (χ0n) is 10.8. The summed E-state index contributed by atoms with van der Waals surface area (Å²) in [4.78, 5) is 14.5. The molecule has 0 saturated heterocycles. The molecule has 0 bridgehead atoms. The van der Waals surface area contributed by atoms with Gasteiger partial charge in [0.05, 0.1) is 5.41 Å². The van der Waals surface area contributed by atoms with Gasteiger partial charge in [-0.1, -0.05) is 48.5 Å². The first kappa shape index (κ1) is 10.8. The Morgan fingerprint density at radius 1 is 1.05 bits per heavy atom. The number of para-hydroxylation sites is 1. The Balaban J connectivity index is 1.84. The molecule has 94 valence electrons. The van der Waals surface area contributed by atoms with Crippen molar-refractivity contribution in [1.82, 2.24) is 0 Å². The van der Waals surface area contributed by atoms with Gasteiger partial charge in [0.1, 0.15) is 0 Å². The van der Waals surface area contributed by atoms with Crippen molar-refractivity contribution in [3.05, 3.63) is 65.7 Å². The number of hydrogen-bond donors (Lipinski definition) is 0. The second-order valence-electron chi connectivity index (χ2n) is 5.52. The molecule has 2 heteroatoms. The van der Waals surface area contributed by atoms with Crippen LogP contribution in [-0.4, -0.2) is 13.0 Å². The Kier molecular flexibility index (Phi) is 1.97. The fourth-order valence-electron chi connectivity index (χ4n) is 3.55. The summed E-state index contributed by atoms with van der Waals surface area (Å²) in [5.41, 5.74) is 3.27. The molecule has 0 N–H and O–H groups in total. The summed E-state index contributed by atoms with van der Waals surface area (Å²) < 4.78 is 0. The van der Waals surface area contributed by atoms with Crippen molar-refractivity contribution in [1.29, 1.82) is 0 Å². The number of carbonyl (C=O) groups excluding carboxylic acids is 1. The molecule has 2 aromatic carbocycles. The van der Waals surface area contributed by atoms with Crippen LogP contribution in [0, 0.1) is 0 Å². The van der Waals surface area contributed by atoms with Crippen LogP contribution in [-0.2, 0) is 10.2 Å². The predicted octanol–water partition coefficient (Wildman–Crippen LogP) is 3.09. The molecule has 1 fully saturated rings. The monoisotopic (exact) mass is 249 g/mol. The number of likely N-dealkylation sites (N-methyl/N-ethyl adjacent to an activating group) is 1. The molecule has 19 heavy (non-hydrogen) atoms. The molecule has 1 spiro atoms. The van der Waals surface area contributed by atoms with Gasteiger partial charge in [-0.25, -0.2) is 0 Å². The number of rotatable bonds is 1. The molecule has 2 unspecified atom stereocenters. The van der Waals surface area contributed by atoms with Gasteiger partial charge < -0.3 is 4.90 Å². The van der Waals surface area contributed by atoms with E-state index in [1.165, 1.54) is 11.1 Å². The Labute approximate surface area is 112 Å². The maximum atomic E-state index is 12.7. The molecular formula is C17H15NO. The molecule has 2 aliphatic rings. The van der Waals surface area contributed by atoms with Crippen LogP contribution in [0.2, 0.25) is 0 Å². The average molecular weight is 249 g/mol. The lowest BCUT2D eigenvalue weighted by atomic mass is 9.92. The number of amides is 1. The second-order valence-corrected chi connectivity index (χ2v) is 5.52. The fraction of sp³-hybridized carbons (Fsp3) is 0.235. The maximum Gasteiger partial charge on any atom is 0.238 e. The number of benzene rings is 2. The summed E-state index contributed by atoms with van der Waals surface area (Å²) in [5.74, 6) is 0.592. The lowest BCUT2D eigenvalue weighted by molar-refractivity contribution is -0.120. The molecule has 1 saturated carbocycles. The van der Waals surface area contributed by atoms with E-state index in [-0.39, 0.29) is 11.3 Å². The van der Waals surface area contributed by atoms with Crippen molar-refractivity contribution in [3.8, 4) is 0 Å². The summed E-state index contributed by atoms with van der Waals surface area (Å²) in [6, 6.07) is 18.6. The van der Waals surface area contributed by atoms with Crippen molar-refractivity contribution in [3.63, 3.8) is 0 Å². The van der Waals surface area contributed by atoms with Gasteiger partial charge in [-0.2, -0.15) is 0 Å². The molecule has 2 aromatic rings. The van der Waals surface area contributed by atoms with Gasteiger partial charge >= 0.3 is 0 Å². The van der Waals surface area contributed by atoms with Crippen LogP contribution < -0.4 is 4.90 Å². The minimum Gasteiger partial charge on any atom is -0.314 e. The van der Waals surface area contributed by atoms with E-state index in [2.05, 4.69) is 30.3 Å². The predicted molar refractivity (Wildman–Crippen MR) is 75.3 cm³/mol. The lowest BCUT2D eigenvalue weighted by Gasteiger charge is -2.11. The first-order valence-electron chi connectivity index (χ1n) is 6.68. The van der Waals surface area contributed by atoms with E-state index in [1.807, 2.05) is 36.2 Å². The quantitative estimate of drug-likeness (QED) is 0.760. The van der Waals surface area contributed by atoms with Gasteiger partial charge in [0.15, 0.2) is 0 Å². The molecule has 1 amide bonds.